The van der Waals surface area contributed by atoms with Crippen LogP contribution in [0.2, 0.25) is 0 Å². The number of hydrogen-bond donors (Lipinski definition) is 2. The smallest absolute Gasteiger partial charge is 0.240 e. The van der Waals surface area contributed by atoms with E-state index in [2.05, 4.69) is 10.2 Å². The van der Waals surface area contributed by atoms with Crippen LogP contribution in [0.25, 0.3) is 0 Å². The van der Waals surface area contributed by atoms with E-state index in [9.17, 15) is 9.90 Å². The van der Waals surface area contributed by atoms with Gasteiger partial charge in [0.15, 0.2) is 0 Å². The molecule has 2 aliphatic heterocycles. The third-order valence-corrected chi connectivity index (χ3v) is 4.14. The number of carbonyl (C=O) groups is 1. The van der Waals surface area contributed by atoms with E-state index in [0.29, 0.717) is 13.2 Å². The van der Waals surface area contributed by atoms with Crippen molar-refractivity contribution >= 4 is 5.91 Å². The van der Waals surface area contributed by atoms with E-state index in [0.717, 1.165) is 45.6 Å². The Bertz CT molecular complexity index is 332. The molecule has 0 saturated carbocycles. The molecule has 6 nitrogen and oxygen atoms in total. The summed E-state index contributed by atoms with van der Waals surface area (Å²) in [6.07, 6.45) is 1.53. The maximum absolute atomic E-state index is 12.6. The summed E-state index contributed by atoms with van der Waals surface area (Å²) >= 11 is 0. The van der Waals surface area contributed by atoms with Crippen molar-refractivity contribution in [3.05, 3.63) is 0 Å². The average molecular weight is 299 g/mol. The van der Waals surface area contributed by atoms with Crippen molar-refractivity contribution in [3.8, 4) is 0 Å². The van der Waals surface area contributed by atoms with Crippen LogP contribution in [0.5, 0.6) is 0 Å². The first-order chi connectivity index (χ1) is 10.1. The van der Waals surface area contributed by atoms with Gasteiger partial charge in [-0.25, -0.2) is 0 Å². The molecule has 0 aromatic carbocycles. The molecule has 2 rings (SSSR count). The summed E-state index contributed by atoms with van der Waals surface area (Å²) in [6.45, 7) is 9.01. The van der Waals surface area contributed by atoms with Gasteiger partial charge in [-0.15, -0.1) is 0 Å². The second-order valence-corrected chi connectivity index (χ2v) is 6.26. The summed E-state index contributed by atoms with van der Waals surface area (Å²) in [5, 5.41) is 13.3. The van der Waals surface area contributed by atoms with E-state index in [1.807, 2.05) is 18.7 Å². The highest BCUT2D eigenvalue weighted by atomic mass is 16.5. The highest BCUT2D eigenvalue weighted by molar-refractivity contribution is 5.82. The van der Waals surface area contributed by atoms with Gasteiger partial charge in [-0.1, -0.05) is 0 Å². The Hall–Kier alpha value is -0.690. The highest BCUT2D eigenvalue weighted by Gasteiger charge is 2.34. The Balaban J connectivity index is 1.83. The molecule has 2 heterocycles. The van der Waals surface area contributed by atoms with Crippen LogP contribution < -0.4 is 5.32 Å². The molecule has 0 bridgehead atoms. The van der Waals surface area contributed by atoms with Crippen molar-refractivity contribution in [1.29, 1.82) is 0 Å². The van der Waals surface area contributed by atoms with Crippen molar-refractivity contribution in [2.75, 3.05) is 45.9 Å². The molecule has 122 valence electrons. The molecule has 2 saturated heterocycles. The fourth-order valence-corrected chi connectivity index (χ4v) is 3.05. The quantitative estimate of drug-likeness (QED) is 0.703. The number of nitrogens with one attached hydrogen (secondary N) is 1. The van der Waals surface area contributed by atoms with Crippen LogP contribution in [0, 0.1) is 0 Å². The predicted molar refractivity (Wildman–Crippen MR) is 81.1 cm³/mol. The van der Waals surface area contributed by atoms with Gasteiger partial charge in [0.05, 0.1) is 24.9 Å². The fourth-order valence-electron chi connectivity index (χ4n) is 3.05. The van der Waals surface area contributed by atoms with Gasteiger partial charge < -0.3 is 20.1 Å². The van der Waals surface area contributed by atoms with Crippen LogP contribution in [0.1, 0.15) is 26.7 Å². The van der Waals surface area contributed by atoms with Crippen LogP contribution in [-0.2, 0) is 9.53 Å². The van der Waals surface area contributed by atoms with Crippen molar-refractivity contribution in [2.24, 2.45) is 0 Å². The zero-order valence-corrected chi connectivity index (χ0v) is 13.3. The Labute approximate surface area is 127 Å². The van der Waals surface area contributed by atoms with Gasteiger partial charge in [-0.3, -0.25) is 9.69 Å². The van der Waals surface area contributed by atoms with Crippen LogP contribution in [0.3, 0.4) is 0 Å². The zero-order valence-electron chi connectivity index (χ0n) is 13.3. The number of carbonyl (C=O) groups excluding carboxylic acids is 1. The Morgan fingerprint density at radius 1 is 1.33 bits per heavy atom. The number of rotatable bonds is 6. The molecule has 2 aliphatic rings. The van der Waals surface area contributed by atoms with Crippen LogP contribution >= 0.6 is 0 Å². The molecule has 2 N–H and O–H groups in total. The van der Waals surface area contributed by atoms with Gasteiger partial charge in [0.2, 0.25) is 5.91 Å². The van der Waals surface area contributed by atoms with Gasteiger partial charge in [-0.05, 0) is 33.2 Å². The monoisotopic (exact) mass is 299 g/mol. The molecule has 0 radical (unpaired) electrons. The predicted octanol–water partition coefficient (Wildman–Crippen LogP) is -0.331. The minimum Gasteiger partial charge on any atom is -0.389 e. The second kappa shape index (κ2) is 8.08. The van der Waals surface area contributed by atoms with Crippen molar-refractivity contribution in [3.63, 3.8) is 0 Å². The number of aliphatic hydroxyl groups is 1. The molecule has 2 unspecified atom stereocenters. The Morgan fingerprint density at radius 2 is 2.05 bits per heavy atom. The van der Waals surface area contributed by atoms with Crippen molar-refractivity contribution in [2.45, 2.75) is 44.9 Å². The SMILES string of the molecule is CC(C)OCC(O)CN1CCCC1C(=O)N1CCNCC1. The summed E-state index contributed by atoms with van der Waals surface area (Å²) in [5.74, 6) is 0.228. The van der Waals surface area contributed by atoms with Crippen molar-refractivity contribution in [1.82, 2.24) is 15.1 Å². The number of β-amino-alcohol motifs (C(OH)–C–C–N with tert-alkyl or cyclic N) is 1. The topological polar surface area (TPSA) is 65.0 Å². The summed E-state index contributed by atoms with van der Waals surface area (Å²) in [6, 6.07) is -0.0585. The molecule has 0 aliphatic carbocycles. The number of amides is 1. The number of piperazine rings is 1. The van der Waals surface area contributed by atoms with Gasteiger partial charge >= 0.3 is 0 Å². The third kappa shape index (κ3) is 4.92. The second-order valence-electron chi connectivity index (χ2n) is 6.26. The average Bonchev–Trinajstić information content (AvgIpc) is 2.93. The molecular weight excluding hydrogens is 270 g/mol. The number of hydrogen-bond acceptors (Lipinski definition) is 5. The van der Waals surface area contributed by atoms with Gasteiger partial charge in [0, 0.05) is 32.7 Å². The molecule has 2 fully saturated rings. The van der Waals surface area contributed by atoms with Crippen LogP contribution in [-0.4, -0.2) is 84.9 Å². The lowest BCUT2D eigenvalue weighted by Crippen LogP contribution is -2.53. The van der Waals surface area contributed by atoms with Gasteiger partial charge in [0.25, 0.3) is 0 Å². The van der Waals surface area contributed by atoms with E-state index in [1.165, 1.54) is 0 Å². The summed E-state index contributed by atoms with van der Waals surface area (Å²) in [7, 11) is 0. The molecule has 2 atom stereocenters. The molecule has 0 aromatic rings. The number of aliphatic hydroxyl groups excluding tert-OH is 1. The molecule has 0 spiro atoms. The lowest BCUT2D eigenvalue weighted by Gasteiger charge is -2.33. The minimum atomic E-state index is -0.524. The van der Waals surface area contributed by atoms with E-state index >= 15 is 0 Å². The zero-order chi connectivity index (χ0) is 15.2. The largest absolute Gasteiger partial charge is 0.389 e. The first kappa shape index (κ1) is 16.7. The molecule has 1 amide bonds. The number of likely N-dealkylation sites (tertiary alicyclic amines) is 1. The van der Waals surface area contributed by atoms with Crippen molar-refractivity contribution < 1.29 is 14.6 Å². The highest BCUT2D eigenvalue weighted by Crippen LogP contribution is 2.20. The number of nitrogens with zero attached hydrogens (tertiary/aromatic N) is 2. The third-order valence-electron chi connectivity index (χ3n) is 4.14. The first-order valence-corrected chi connectivity index (χ1v) is 8.11. The van der Waals surface area contributed by atoms with E-state index in [4.69, 9.17) is 4.74 Å². The number of ether oxygens (including phenoxy) is 1. The fraction of sp³-hybridized carbons (Fsp3) is 0.933. The molecule has 21 heavy (non-hydrogen) atoms. The first-order valence-electron chi connectivity index (χ1n) is 8.11. The molecule has 0 aromatic heterocycles. The summed E-state index contributed by atoms with van der Waals surface area (Å²) in [5.41, 5.74) is 0. The maximum atomic E-state index is 12.6. The lowest BCUT2D eigenvalue weighted by molar-refractivity contribution is -0.137. The Kier molecular flexibility index (Phi) is 6.41. The maximum Gasteiger partial charge on any atom is 0.240 e. The van der Waals surface area contributed by atoms with E-state index in [-0.39, 0.29) is 18.1 Å². The van der Waals surface area contributed by atoms with Crippen LogP contribution in [0.15, 0.2) is 0 Å². The molecular formula is C15H29N3O3. The van der Waals surface area contributed by atoms with Crippen LogP contribution in [0.4, 0.5) is 0 Å². The minimum absolute atomic E-state index is 0.0585. The summed E-state index contributed by atoms with van der Waals surface area (Å²) in [4.78, 5) is 16.7. The normalized spacial score (nSPS) is 25.5. The standard InChI is InChI=1S/C15H29N3O3/c1-12(2)21-11-13(19)10-18-7-3-4-14(18)15(20)17-8-5-16-6-9-17/h12-14,16,19H,3-11H2,1-2H3. The van der Waals surface area contributed by atoms with E-state index < -0.39 is 6.10 Å². The lowest BCUT2D eigenvalue weighted by atomic mass is 10.1. The Morgan fingerprint density at radius 3 is 2.71 bits per heavy atom. The van der Waals surface area contributed by atoms with Gasteiger partial charge in [0.1, 0.15) is 0 Å². The van der Waals surface area contributed by atoms with E-state index in [1.54, 1.807) is 0 Å². The summed E-state index contributed by atoms with van der Waals surface area (Å²) < 4.78 is 5.45. The molecule has 6 heteroatoms. The van der Waals surface area contributed by atoms with Gasteiger partial charge in [-0.2, -0.15) is 0 Å².